The number of rotatable bonds is 6. The summed E-state index contributed by atoms with van der Waals surface area (Å²) in [5.41, 5.74) is 1.97. The largest absolute Gasteiger partial charge is 0.465 e. The fourth-order valence-electron chi connectivity index (χ4n) is 3.97. The fourth-order valence-corrected chi connectivity index (χ4v) is 4.24. The van der Waals surface area contributed by atoms with Crippen LogP contribution in [0.3, 0.4) is 0 Å². The molecule has 3 N–H and O–H groups in total. The number of carbonyl (C=O) groups excluding carboxylic acids is 3. The van der Waals surface area contributed by atoms with Crippen LogP contribution in [-0.2, 0) is 18.9 Å². The summed E-state index contributed by atoms with van der Waals surface area (Å²) >= 11 is 5.40. The second-order valence-corrected chi connectivity index (χ2v) is 8.49. The predicted octanol–water partition coefficient (Wildman–Crippen LogP) is 2.75. The van der Waals surface area contributed by atoms with Crippen molar-refractivity contribution in [2.24, 2.45) is 0 Å². The lowest BCUT2D eigenvalue weighted by atomic mass is 10.1. The number of benzene rings is 2. The van der Waals surface area contributed by atoms with E-state index in [1.807, 2.05) is 0 Å². The monoisotopic (exact) mass is 499 g/mol. The second kappa shape index (κ2) is 10.8. The minimum Gasteiger partial charge on any atom is -0.465 e. The number of anilines is 2. The van der Waals surface area contributed by atoms with E-state index in [1.165, 1.54) is 14.0 Å². The molecular formula is C24H25N3O7S. The molecule has 2 heterocycles. The van der Waals surface area contributed by atoms with Crippen LogP contribution in [0.2, 0.25) is 0 Å². The van der Waals surface area contributed by atoms with E-state index in [0.717, 1.165) is 0 Å². The first-order valence-electron chi connectivity index (χ1n) is 10.9. The normalized spacial score (nSPS) is 22.6. The molecule has 1 amide bonds. The van der Waals surface area contributed by atoms with E-state index in [2.05, 4.69) is 16.0 Å². The second-order valence-electron chi connectivity index (χ2n) is 8.08. The van der Waals surface area contributed by atoms with Gasteiger partial charge in [-0.2, -0.15) is 0 Å². The molecule has 2 fully saturated rings. The summed E-state index contributed by atoms with van der Waals surface area (Å²) in [7, 11) is 1.32. The molecule has 184 valence electrons. The van der Waals surface area contributed by atoms with Gasteiger partial charge >= 0.3 is 12.1 Å². The summed E-state index contributed by atoms with van der Waals surface area (Å²) in [5, 5.41) is 9.15. The van der Waals surface area contributed by atoms with Crippen molar-refractivity contribution < 1.29 is 33.3 Å². The lowest BCUT2D eigenvalue weighted by Crippen LogP contribution is -2.46. The first kappa shape index (κ1) is 24.6. The summed E-state index contributed by atoms with van der Waals surface area (Å²) in [6, 6.07) is 13.1. The fraction of sp³-hybridized carbons (Fsp3) is 0.333. The van der Waals surface area contributed by atoms with Gasteiger partial charge in [-0.05, 0) is 49.5 Å². The lowest BCUT2D eigenvalue weighted by Gasteiger charge is -2.20. The van der Waals surface area contributed by atoms with Crippen LogP contribution in [-0.4, -0.2) is 67.6 Å². The van der Waals surface area contributed by atoms with Crippen molar-refractivity contribution in [1.82, 2.24) is 5.32 Å². The van der Waals surface area contributed by atoms with Gasteiger partial charge in [0.25, 0.3) is 0 Å². The summed E-state index contributed by atoms with van der Waals surface area (Å²) in [5.74, 6) is -0.545. The molecule has 0 radical (unpaired) electrons. The molecule has 2 aliphatic rings. The van der Waals surface area contributed by atoms with E-state index in [0.29, 0.717) is 34.2 Å². The number of methoxy groups -OCH3 is 1. The van der Waals surface area contributed by atoms with Crippen LogP contribution in [0, 0.1) is 0 Å². The van der Waals surface area contributed by atoms with Gasteiger partial charge in [-0.1, -0.05) is 18.2 Å². The smallest absolute Gasteiger partial charge is 0.412 e. The molecule has 10 nitrogen and oxygen atoms in total. The number of Topliss-reactive ketones (excluding diaryl/α,β-unsaturated/α-hetero) is 1. The summed E-state index contributed by atoms with van der Waals surface area (Å²) in [6.45, 7) is 1.94. The van der Waals surface area contributed by atoms with Crippen molar-refractivity contribution in [3.63, 3.8) is 0 Å². The maximum absolute atomic E-state index is 12.4. The molecule has 0 spiro atoms. The lowest BCUT2D eigenvalue weighted by molar-refractivity contribution is 0.00879. The average Bonchev–Trinajstić information content (AvgIpc) is 3.42. The number of esters is 1. The van der Waals surface area contributed by atoms with Gasteiger partial charge in [0.1, 0.15) is 12.2 Å². The highest BCUT2D eigenvalue weighted by Crippen LogP contribution is 2.29. The van der Waals surface area contributed by atoms with E-state index in [1.54, 1.807) is 48.5 Å². The molecule has 2 aromatic rings. The van der Waals surface area contributed by atoms with Crippen molar-refractivity contribution >= 4 is 46.6 Å². The third-order valence-corrected chi connectivity index (χ3v) is 5.86. The van der Waals surface area contributed by atoms with Crippen molar-refractivity contribution in [3.8, 4) is 0 Å². The van der Waals surface area contributed by atoms with Gasteiger partial charge in [-0.25, -0.2) is 9.59 Å². The average molecular weight is 500 g/mol. The zero-order valence-electron chi connectivity index (χ0n) is 19.1. The highest BCUT2D eigenvalue weighted by molar-refractivity contribution is 7.80. The van der Waals surface area contributed by atoms with Gasteiger partial charge in [0.15, 0.2) is 17.0 Å². The summed E-state index contributed by atoms with van der Waals surface area (Å²) < 4.78 is 21.9. The molecule has 35 heavy (non-hydrogen) atoms. The third kappa shape index (κ3) is 5.94. The van der Waals surface area contributed by atoms with E-state index in [4.69, 9.17) is 31.2 Å². The Hall–Kier alpha value is -3.54. The highest BCUT2D eigenvalue weighted by Gasteiger charge is 2.49. The van der Waals surface area contributed by atoms with Crippen molar-refractivity contribution in [2.45, 2.75) is 31.3 Å². The first-order valence-corrected chi connectivity index (χ1v) is 11.3. The number of ether oxygens (including phenoxy) is 4. The molecule has 0 aliphatic carbocycles. The van der Waals surface area contributed by atoms with E-state index in [9.17, 15) is 14.4 Å². The van der Waals surface area contributed by atoms with Crippen LogP contribution in [0.4, 0.5) is 16.2 Å². The Balaban J connectivity index is 1.29. The Morgan fingerprint density at radius 3 is 2.31 bits per heavy atom. The number of nitrogens with one attached hydrogen (secondary N) is 3. The van der Waals surface area contributed by atoms with Crippen molar-refractivity contribution in [3.05, 3.63) is 59.7 Å². The molecule has 2 aliphatic heterocycles. The topological polar surface area (TPSA) is 124 Å². The Bertz CT molecular complexity index is 1140. The molecule has 0 unspecified atom stereocenters. The van der Waals surface area contributed by atoms with Gasteiger partial charge in [0, 0.05) is 16.9 Å². The van der Waals surface area contributed by atoms with Crippen molar-refractivity contribution in [2.75, 3.05) is 31.0 Å². The molecule has 4 atom stereocenters. The van der Waals surface area contributed by atoms with Gasteiger partial charge in [0.2, 0.25) is 0 Å². The quantitative estimate of drug-likeness (QED) is 0.310. The van der Waals surface area contributed by atoms with Crippen LogP contribution in [0.1, 0.15) is 27.6 Å². The Kier molecular flexibility index (Phi) is 7.59. The van der Waals surface area contributed by atoms with E-state index < -0.39 is 24.3 Å². The number of hydrogen-bond acceptors (Lipinski definition) is 8. The molecule has 0 bridgehead atoms. The minimum absolute atomic E-state index is 0.101. The van der Waals surface area contributed by atoms with Gasteiger partial charge in [-0.15, -0.1) is 0 Å². The zero-order chi connectivity index (χ0) is 24.9. The van der Waals surface area contributed by atoms with Crippen LogP contribution in [0.25, 0.3) is 0 Å². The van der Waals surface area contributed by atoms with Gasteiger partial charge in [-0.3, -0.25) is 10.1 Å². The van der Waals surface area contributed by atoms with Crippen LogP contribution < -0.4 is 16.0 Å². The Morgan fingerprint density at radius 2 is 1.60 bits per heavy atom. The highest BCUT2D eigenvalue weighted by atomic mass is 32.1. The minimum atomic E-state index is -0.664. The predicted molar refractivity (Wildman–Crippen MR) is 131 cm³/mol. The van der Waals surface area contributed by atoms with E-state index >= 15 is 0 Å². The zero-order valence-corrected chi connectivity index (χ0v) is 19.9. The van der Waals surface area contributed by atoms with Crippen LogP contribution in [0.15, 0.2) is 48.5 Å². The molecule has 2 aromatic carbocycles. The SMILES string of the molecule is COC(=O)c1cccc(NC(=S)N[C@H]2CO[C@H]3[C@H]2OC[C@@H]3OC(=O)Nc2cccc(C(C)=O)c2)c1. The van der Waals surface area contributed by atoms with Gasteiger partial charge in [0.05, 0.1) is 31.9 Å². The molecule has 0 aromatic heterocycles. The maximum Gasteiger partial charge on any atom is 0.412 e. The first-order chi connectivity index (χ1) is 16.8. The Labute approximate surface area is 207 Å². The number of ketones is 1. The molecule has 2 saturated heterocycles. The molecule has 0 saturated carbocycles. The van der Waals surface area contributed by atoms with Crippen LogP contribution in [0.5, 0.6) is 0 Å². The standard InChI is InChI=1S/C24H25N3O7S/c1-13(28)14-5-3-8-17(9-14)26-24(30)34-19-12-33-20-18(11-32-21(19)20)27-23(35)25-16-7-4-6-15(10-16)22(29)31-2/h3-10,18-21H,11-12H2,1-2H3,(H,26,30)(H2,25,27,35)/t18-,19-,20-,21+/m0/s1. The molecule has 11 heteroatoms. The molecular weight excluding hydrogens is 474 g/mol. The number of carbonyl (C=O) groups is 3. The van der Waals surface area contributed by atoms with Crippen LogP contribution >= 0.6 is 12.2 Å². The van der Waals surface area contributed by atoms with Gasteiger partial charge < -0.3 is 29.6 Å². The summed E-state index contributed by atoms with van der Waals surface area (Å²) in [6.07, 6.45) is -2.08. The number of amides is 1. The third-order valence-electron chi connectivity index (χ3n) is 5.64. The number of fused-ring (bicyclic) bond motifs is 1. The number of hydrogen-bond donors (Lipinski definition) is 3. The van der Waals surface area contributed by atoms with Crippen molar-refractivity contribution in [1.29, 1.82) is 0 Å². The molecule has 4 rings (SSSR count). The Morgan fingerprint density at radius 1 is 0.943 bits per heavy atom. The maximum atomic E-state index is 12.4. The summed E-state index contributed by atoms with van der Waals surface area (Å²) in [4.78, 5) is 35.6. The van der Waals surface area contributed by atoms with E-state index in [-0.39, 0.29) is 24.5 Å². The number of thiocarbonyl (C=S) groups is 1.